The van der Waals surface area contributed by atoms with Gasteiger partial charge in [0.15, 0.2) is 0 Å². The highest BCUT2D eigenvalue weighted by atomic mass is 35.5. The Hall–Kier alpha value is -0.910. The van der Waals surface area contributed by atoms with Crippen LogP contribution in [0.5, 0.6) is 0 Å². The molecule has 82 valence electrons. The monoisotopic (exact) mass is 229 g/mol. The van der Waals surface area contributed by atoms with Gasteiger partial charge < -0.3 is 15.1 Å². The van der Waals surface area contributed by atoms with Gasteiger partial charge in [-0.1, -0.05) is 0 Å². The molecule has 1 saturated heterocycles. The molecule has 6 heteroatoms. The Morgan fingerprint density at radius 3 is 2.60 bits per heavy atom. The molecule has 2 heterocycles. The first-order chi connectivity index (χ1) is 7.08. The van der Waals surface area contributed by atoms with Crippen LogP contribution in [-0.2, 0) is 0 Å². The number of halogens is 1. The number of aliphatic hydroxyl groups excluding tert-OH is 2. The third kappa shape index (κ3) is 2.04. The van der Waals surface area contributed by atoms with Crippen LogP contribution in [0.1, 0.15) is 5.56 Å². The summed E-state index contributed by atoms with van der Waals surface area (Å²) in [7, 11) is 0. The van der Waals surface area contributed by atoms with E-state index in [0.717, 1.165) is 5.56 Å². The maximum absolute atomic E-state index is 9.42. The summed E-state index contributed by atoms with van der Waals surface area (Å²) in [6.07, 6.45) is 0.179. The molecule has 1 aliphatic rings. The minimum Gasteiger partial charge on any atom is -0.389 e. The van der Waals surface area contributed by atoms with E-state index < -0.39 is 12.2 Å². The van der Waals surface area contributed by atoms with E-state index in [4.69, 9.17) is 11.6 Å². The lowest BCUT2D eigenvalue weighted by Gasteiger charge is -2.18. The molecule has 1 fully saturated rings. The molecule has 0 radical (unpaired) electrons. The van der Waals surface area contributed by atoms with Gasteiger partial charge >= 0.3 is 0 Å². The third-order valence-corrected chi connectivity index (χ3v) is 2.66. The summed E-state index contributed by atoms with van der Waals surface area (Å²) < 4.78 is 0. The predicted molar refractivity (Wildman–Crippen MR) is 56.0 cm³/mol. The standard InChI is InChI=1S/C9H12ClN3O2/c1-5-2-11-9(10)12-8(5)13-3-6(14)7(15)4-13/h2,6-7,14-15H,3-4H2,1H3. The highest BCUT2D eigenvalue weighted by Gasteiger charge is 2.31. The zero-order valence-electron chi connectivity index (χ0n) is 8.26. The molecule has 0 aromatic carbocycles. The number of aryl methyl sites for hydroxylation is 1. The normalized spacial score (nSPS) is 26.0. The summed E-state index contributed by atoms with van der Waals surface area (Å²) in [6.45, 7) is 2.60. The van der Waals surface area contributed by atoms with Crippen LogP contribution in [0.4, 0.5) is 5.82 Å². The van der Waals surface area contributed by atoms with E-state index in [1.54, 1.807) is 11.1 Å². The zero-order valence-corrected chi connectivity index (χ0v) is 9.02. The largest absolute Gasteiger partial charge is 0.389 e. The van der Waals surface area contributed by atoms with Crippen molar-refractivity contribution in [2.45, 2.75) is 19.1 Å². The molecule has 1 aliphatic heterocycles. The second-order valence-electron chi connectivity index (χ2n) is 3.69. The summed E-state index contributed by atoms with van der Waals surface area (Å²) in [4.78, 5) is 9.74. The molecule has 0 spiro atoms. The fraction of sp³-hybridized carbons (Fsp3) is 0.556. The first-order valence-electron chi connectivity index (χ1n) is 4.68. The maximum atomic E-state index is 9.42. The van der Waals surface area contributed by atoms with E-state index in [-0.39, 0.29) is 5.28 Å². The molecule has 1 aromatic rings. The maximum Gasteiger partial charge on any atom is 0.224 e. The highest BCUT2D eigenvalue weighted by molar-refractivity contribution is 6.28. The summed E-state index contributed by atoms with van der Waals surface area (Å²) in [5.41, 5.74) is 0.876. The predicted octanol–water partition coefficient (Wildman–Crippen LogP) is -0.0198. The first-order valence-corrected chi connectivity index (χ1v) is 5.06. The van der Waals surface area contributed by atoms with Crippen LogP contribution in [0.15, 0.2) is 6.20 Å². The number of aromatic nitrogens is 2. The Morgan fingerprint density at radius 2 is 2.00 bits per heavy atom. The summed E-state index contributed by atoms with van der Waals surface area (Å²) >= 11 is 5.69. The van der Waals surface area contributed by atoms with Crippen LogP contribution in [0, 0.1) is 6.92 Å². The molecule has 15 heavy (non-hydrogen) atoms. The van der Waals surface area contributed by atoms with Gasteiger partial charge in [0.2, 0.25) is 5.28 Å². The van der Waals surface area contributed by atoms with E-state index in [0.29, 0.717) is 18.9 Å². The molecule has 2 rings (SSSR count). The van der Waals surface area contributed by atoms with Gasteiger partial charge in [-0.3, -0.25) is 0 Å². The van der Waals surface area contributed by atoms with Crippen molar-refractivity contribution in [2.24, 2.45) is 0 Å². The van der Waals surface area contributed by atoms with Crippen LogP contribution >= 0.6 is 11.6 Å². The van der Waals surface area contributed by atoms with Crippen molar-refractivity contribution in [2.75, 3.05) is 18.0 Å². The van der Waals surface area contributed by atoms with Crippen molar-refractivity contribution in [1.29, 1.82) is 0 Å². The Balaban J connectivity index is 2.27. The molecule has 0 amide bonds. The van der Waals surface area contributed by atoms with E-state index in [1.807, 2.05) is 6.92 Å². The van der Waals surface area contributed by atoms with Crippen molar-refractivity contribution in [3.63, 3.8) is 0 Å². The lowest BCUT2D eigenvalue weighted by atomic mass is 10.3. The lowest BCUT2D eigenvalue weighted by molar-refractivity contribution is 0.0572. The van der Waals surface area contributed by atoms with Crippen LogP contribution in [0.3, 0.4) is 0 Å². The molecule has 2 unspecified atom stereocenters. The second-order valence-corrected chi connectivity index (χ2v) is 4.02. The average Bonchev–Trinajstić information content (AvgIpc) is 2.51. The van der Waals surface area contributed by atoms with E-state index in [1.165, 1.54) is 0 Å². The molecule has 0 bridgehead atoms. The van der Waals surface area contributed by atoms with Crippen molar-refractivity contribution >= 4 is 17.4 Å². The molecule has 2 atom stereocenters. The van der Waals surface area contributed by atoms with Crippen LogP contribution in [0.25, 0.3) is 0 Å². The minimum atomic E-state index is -0.724. The summed E-state index contributed by atoms with van der Waals surface area (Å²) in [6, 6.07) is 0. The molecule has 1 aromatic heterocycles. The number of hydrogen-bond acceptors (Lipinski definition) is 5. The van der Waals surface area contributed by atoms with Crippen LogP contribution in [0.2, 0.25) is 5.28 Å². The van der Waals surface area contributed by atoms with Gasteiger partial charge in [-0.15, -0.1) is 0 Å². The lowest BCUT2D eigenvalue weighted by Crippen LogP contribution is -2.23. The van der Waals surface area contributed by atoms with Crippen molar-refractivity contribution in [3.05, 3.63) is 17.0 Å². The molecule has 0 aliphatic carbocycles. The van der Waals surface area contributed by atoms with Gasteiger partial charge in [-0.05, 0) is 18.5 Å². The Kier molecular flexibility index (Phi) is 2.77. The fourth-order valence-corrected chi connectivity index (χ4v) is 1.80. The molecular formula is C9H12ClN3O2. The van der Waals surface area contributed by atoms with Gasteiger partial charge in [0.25, 0.3) is 0 Å². The van der Waals surface area contributed by atoms with Crippen LogP contribution < -0.4 is 4.90 Å². The van der Waals surface area contributed by atoms with E-state index in [9.17, 15) is 10.2 Å². The van der Waals surface area contributed by atoms with E-state index >= 15 is 0 Å². The van der Waals surface area contributed by atoms with Crippen molar-refractivity contribution in [3.8, 4) is 0 Å². The zero-order chi connectivity index (χ0) is 11.0. The molecule has 5 nitrogen and oxygen atoms in total. The van der Waals surface area contributed by atoms with E-state index in [2.05, 4.69) is 9.97 Å². The fourth-order valence-electron chi connectivity index (χ4n) is 1.67. The first kappa shape index (κ1) is 10.6. The summed E-state index contributed by atoms with van der Waals surface area (Å²) in [5, 5.41) is 19.0. The van der Waals surface area contributed by atoms with Gasteiger partial charge in [0.05, 0.1) is 12.2 Å². The third-order valence-electron chi connectivity index (χ3n) is 2.47. The number of hydrogen-bond donors (Lipinski definition) is 2. The summed E-state index contributed by atoms with van der Waals surface area (Å²) in [5.74, 6) is 0.672. The Bertz CT molecular complexity index is 364. The van der Waals surface area contributed by atoms with Crippen molar-refractivity contribution in [1.82, 2.24) is 9.97 Å². The minimum absolute atomic E-state index is 0.173. The molecule has 0 saturated carbocycles. The van der Waals surface area contributed by atoms with Gasteiger partial charge in [0, 0.05) is 24.8 Å². The smallest absolute Gasteiger partial charge is 0.224 e. The molecular weight excluding hydrogens is 218 g/mol. The van der Waals surface area contributed by atoms with Gasteiger partial charge in [-0.2, -0.15) is 0 Å². The Morgan fingerprint density at radius 1 is 1.40 bits per heavy atom. The van der Waals surface area contributed by atoms with Crippen molar-refractivity contribution < 1.29 is 10.2 Å². The number of nitrogens with zero attached hydrogens (tertiary/aromatic N) is 3. The average molecular weight is 230 g/mol. The van der Waals surface area contributed by atoms with Crippen LogP contribution in [-0.4, -0.2) is 45.5 Å². The highest BCUT2D eigenvalue weighted by Crippen LogP contribution is 2.22. The quantitative estimate of drug-likeness (QED) is 0.663. The second kappa shape index (κ2) is 3.92. The number of rotatable bonds is 1. The number of anilines is 1. The van der Waals surface area contributed by atoms with Gasteiger partial charge in [0.1, 0.15) is 5.82 Å². The Labute approximate surface area is 92.3 Å². The number of β-amino-alcohol motifs (C(OH)–C–C–N with tert-alkyl or cyclic N) is 2. The molecule has 2 N–H and O–H groups in total. The SMILES string of the molecule is Cc1cnc(Cl)nc1N1CC(O)C(O)C1. The number of aliphatic hydroxyl groups is 2. The topological polar surface area (TPSA) is 69.5 Å². The van der Waals surface area contributed by atoms with Gasteiger partial charge in [-0.25, -0.2) is 9.97 Å².